The first-order valence-corrected chi connectivity index (χ1v) is 18.4. The molecule has 5 heteroatoms. The van der Waals surface area contributed by atoms with Crippen molar-refractivity contribution in [1.82, 2.24) is 0 Å². The van der Waals surface area contributed by atoms with Crippen molar-refractivity contribution in [2.24, 2.45) is 22.2 Å². The summed E-state index contributed by atoms with van der Waals surface area (Å²) in [6.07, 6.45) is 11.0. The van der Waals surface area contributed by atoms with E-state index in [1.807, 2.05) is 0 Å². The molecular weight excluding hydrogens is 416 g/mol. The van der Waals surface area contributed by atoms with Gasteiger partial charge in [0.2, 0.25) is 0 Å². The third kappa shape index (κ3) is 3.94. The van der Waals surface area contributed by atoms with Crippen LogP contribution in [0.1, 0.15) is 74.1 Å². The Morgan fingerprint density at radius 3 is 1.97 bits per heavy atom. The second-order valence-electron chi connectivity index (χ2n) is 13.6. The van der Waals surface area contributed by atoms with Crippen molar-refractivity contribution in [1.29, 1.82) is 0 Å². The van der Waals surface area contributed by atoms with Gasteiger partial charge in [0, 0.05) is 22.2 Å². The van der Waals surface area contributed by atoms with Gasteiger partial charge < -0.3 is 13.6 Å². The summed E-state index contributed by atoms with van der Waals surface area (Å²) in [6.45, 7) is 27.6. The first-order valence-electron chi connectivity index (χ1n) is 12.1. The first-order chi connectivity index (χ1) is 13.7. The zero-order chi connectivity index (χ0) is 24.3. The number of carbonyl (C=O) groups excluding carboxylic acids is 1. The summed E-state index contributed by atoms with van der Waals surface area (Å²) in [5, 5.41) is 0.152. The van der Waals surface area contributed by atoms with Gasteiger partial charge in [-0.2, -0.15) is 0 Å². The molecule has 0 radical (unpaired) electrons. The summed E-state index contributed by atoms with van der Waals surface area (Å²) in [6, 6.07) is 0. The normalized spacial score (nSPS) is 38.8. The van der Waals surface area contributed by atoms with Gasteiger partial charge in [0.05, 0.1) is 11.7 Å². The highest BCUT2D eigenvalue weighted by atomic mass is 28.4. The van der Waals surface area contributed by atoms with Gasteiger partial charge in [-0.05, 0) is 70.4 Å². The van der Waals surface area contributed by atoms with Crippen LogP contribution in [-0.2, 0) is 13.6 Å². The Kier molecular flexibility index (Phi) is 6.77. The smallest absolute Gasteiger partial charge is 0.192 e. The van der Waals surface area contributed by atoms with Gasteiger partial charge in [0.25, 0.3) is 0 Å². The fraction of sp³-hybridized carbons (Fsp3) is 0.885. The van der Waals surface area contributed by atoms with E-state index in [1.165, 1.54) is 0 Å². The molecule has 2 fully saturated rings. The molecule has 31 heavy (non-hydrogen) atoms. The largest absolute Gasteiger partial charge is 0.413 e. The van der Waals surface area contributed by atoms with Crippen LogP contribution in [-0.4, -0.2) is 34.6 Å². The van der Waals surface area contributed by atoms with Crippen molar-refractivity contribution in [3.63, 3.8) is 0 Å². The maximum atomic E-state index is 12.1. The molecule has 2 rings (SSSR count). The average molecular weight is 465 g/mol. The van der Waals surface area contributed by atoms with Crippen LogP contribution in [0, 0.1) is 34.5 Å². The van der Waals surface area contributed by atoms with Crippen LogP contribution in [0.2, 0.25) is 37.8 Å². The molecule has 0 spiro atoms. The number of carbonyl (C=O) groups is 1. The monoisotopic (exact) mass is 464 g/mol. The molecule has 0 unspecified atom stereocenters. The Bertz CT molecular complexity index is 739. The van der Waals surface area contributed by atoms with Crippen LogP contribution in [0.25, 0.3) is 0 Å². The summed E-state index contributed by atoms with van der Waals surface area (Å²) < 4.78 is 14.4. The summed E-state index contributed by atoms with van der Waals surface area (Å²) in [4.78, 5) is 12.1. The minimum Gasteiger partial charge on any atom is -0.413 e. The minimum absolute atomic E-state index is 0.118. The summed E-state index contributed by atoms with van der Waals surface area (Å²) >= 11 is 0. The minimum atomic E-state index is -1.96. The fourth-order valence-electron chi connectivity index (χ4n) is 6.31. The van der Waals surface area contributed by atoms with E-state index in [9.17, 15) is 4.79 Å². The highest BCUT2D eigenvalue weighted by molar-refractivity contribution is 6.74. The molecular formula is C26H48O3Si2. The van der Waals surface area contributed by atoms with E-state index in [-0.39, 0.29) is 27.9 Å². The van der Waals surface area contributed by atoms with E-state index < -0.39 is 27.7 Å². The van der Waals surface area contributed by atoms with Gasteiger partial charge in [-0.3, -0.25) is 0 Å². The van der Waals surface area contributed by atoms with Crippen LogP contribution >= 0.6 is 0 Å². The lowest BCUT2D eigenvalue weighted by Gasteiger charge is -2.71. The molecule has 3 nitrogen and oxygen atoms in total. The molecule has 0 aromatic carbocycles. The topological polar surface area (TPSA) is 35.5 Å². The highest BCUT2D eigenvalue weighted by Crippen LogP contribution is 2.70. The summed E-state index contributed by atoms with van der Waals surface area (Å²) in [5.41, 5.74) is -1.47. The van der Waals surface area contributed by atoms with E-state index in [0.717, 1.165) is 32.0 Å². The van der Waals surface area contributed by atoms with E-state index in [1.54, 1.807) is 0 Å². The van der Waals surface area contributed by atoms with Crippen molar-refractivity contribution in [3.05, 3.63) is 0 Å². The lowest BCUT2D eigenvalue weighted by Crippen LogP contribution is -2.75. The highest BCUT2D eigenvalue weighted by Gasteiger charge is 2.72. The number of rotatable bonds is 5. The lowest BCUT2D eigenvalue weighted by atomic mass is 9.39. The molecule has 0 aromatic rings. The van der Waals surface area contributed by atoms with Crippen molar-refractivity contribution >= 4 is 22.9 Å². The van der Waals surface area contributed by atoms with E-state index in [0.29, 0.717) is 0 Å². The van der Waals surface area contributed by atoms with Crippen molar-refractivity contribution in [2.45, 2.75) is 124 Å². The molecule has 0 heterocycles. The molecule has 2 saturated carbocycles. The molecule has 0 saturated heterocycles. The van der Waals surface area contributed by atoms with Gasteiger partial charge in [-0.15, -0.1) is 6.42 Å². The fourth-order valence-corrected chi connectivity index (χ4v) is 9.43. The van der Waals surface area contributed by atoms with Crippen LogP contribution in [0.5, 0.6) is 0 Å². The number of hydrogen-bond donors (Lipinski definition) is 0. The Morgan fingerprint density at radius 1 is 1.00 bits per heavy atom. The number of aldehydes is 1. The summed E-state index contributed by atoms with van der Waals surface area (Å²) in [7, 11) is -3.89. The van der Waals surface area contributed by atoms with Crippen LogP contribution < -0.4 is 0 Å². The number of terminal acetylenes is 1. The standard InChI is InChI=1S/C26H48O3Si2/c1-14-24(7)20(19-27)15-18-26(29-30(9,10)11)23(5,6)21(16-17-25(24,26)8)28-31(12,13)22(2,3)4/h1,19-21H,15-18H2,2-13H3/t20-,21-,24-,25+,26+/m0/s1. The maximum absolute atomic E-state index is 12.1. The van der Waals surface area contributed by atoms with Crippen molar-refractivity contribution < 1.29 is 13.6 Å². The molecule has 0 aliphatic heterocycles. The van der Waals surface area contributed by atoms with E-state index in [4.69, 9.17) is 15.3 Å². The van der Waals surface area contributed by atoms with Gasteiger partial charge in [0.1, 0.15) is 6.29 Å². The predicted molar refractivity (Wildman–Crippen MR) is 136 cm³/mol. The quantitative estimate of drug-likeness (QED) is 0.248. The zero-order valence-corrected chi connectivity index (χ0v) is 24.4. The van der Waals surface area contributed by atoms with Crippen LogP contribution in [0.15, 0.2) is 0 Å². The SMILES string of the molecule is C#C[C@@]1(C)[C@H](C=O)CC[C@@]2(O[Si](C)(C)C)C(C)(C)[C@@H](O[Si](C)(C)C(C)(C)C)CC[C@]12C. The molecule has 0 amide bonds. The molecule has 178 valence electrons. The second-order valence-corrected chi connectivity index (χ2v) is 22.8. The van der Waals surface area contributed by atoms with Gasteiger partial charge >= 0.3 is 0 Å². The first kappa shape index (κ1) is 26.8. The molecule has 2 aliphatic carbocycles. The third-order valence-electron chi connectivity index (χ3n) is 9.53. The Morgan fingerprint density at radius 2 is 1.55 bits per heavy atom. The predicted octanol–water partition coefficient (Wildman–Crippen LogP) is 7.04. The van der Waals surface area contributed by atoms with Gasteiger partial charge in [-0.25, -0.2) is 0 Å². The molecule has 0 bridgehead atoms. The molecule has 0 N–H and O–H groups in total. The third-order valence-corrected chi connectivity index (χ3v) is 15.0. The molecule has 5 atom stereocenters. The van der Waals surface area contributed by atoms with E-state index in [2.05, 4.69) is 87.1 Å². The molecule has 2 aliphatic rings. The van der Waals surface area contributed by atoms with Gasteiger partial charge in [-0.1, -0.05) is 47.5 Å². The van der Waals surface area contributed by atoms with Crippen LogP contribution in [0.3, 0.4) is 0 Å². The lowest BCUT2D eigenvalue weighted by molar-refractivity contribution is -0.262. The van der Waals surface area contributed by atoms with Crippen LogP contribution in [0.4, 0.5) is 0 Å². The Labute approximate surface area is 194 Å². The Hall–Kier alpha value is -0.416. The number of fused-ring (bicyclic) bond motifs is 1. The number of hydrogen-bond acceptors (Lipinski definition) is 3. The average Bonchev–Trinajstić information content (AvgIpc) is 2.59. The molecule has 0 aromatic heterocycles. The summed E-state index contributed by atoms with van der Waals surface area (Å²) in [5.74, 6) is 3.00. The Balaban J connectivity index is 2.69. The van der Waals surface area contributed by atoms with Crippen molar-refractivity contribution in [3.8, 4) is 12.3 Å². The van der Waals surface area contributed by atoms with Gasteiger partial charge in [0.15, 0.2) is 16.6 Å². The van der Waals surface area contributed by atoms with E-state index >= 15 is 0 Å². The second kappa shape index (κ2) is 7.82. The van der Waals surface area contributed by atoms with Crippen molar-refractivity contribution in [2.75, 3.05) is 0 Å². The maximum Gasteiger partial charge on any atom is 0.192 e. The zero-order valence-electron chi connectivity index (χ0n) is 22.4.